The van der Waals surface area contributed by atoms with Gasteiger partial charge in [0.1, 0.15) is 0 Å². The molecule has 1 aromatic carbocycles. The van der Waals surface area contributed by atoms with E-state index >= 15 is 0 Å². The number of ketones is 1. The molecule has 0 bridgehead atoms. The molecule has 1 aliphatic heterocycles. The fourth-order valence-electron chi connectivity index (χ4n) is 2.82. The fourth-order valence-corrected chi connectivity index (χ4v) is 2.82. The van der Waals surface area contributed by atoms with Crippen LogP contribution in [0.5, 0.6) is 0 Å². The van der Waals surface area contributed by atoms with Crippen LogP contribution in [0.2, 0.25) is 0 Å². The van der Waals surface area contributed by atoms with Gasteiger partial charge in [-0.15, -0.1) is 0 Å². The molecule has 1 heterocycles. The molecule has 110 valence electrons. The van der Waals surface area contributed by atoms with Gasteiger partial charge in [0, 0.05) is 25.1 Å². The number of benzene rings is 1. The van der Waals surface area contributed by atoms with Crippen molar-refractivity contribution in [2.24, 2.45) is 0 Å². The number of nitrogens with zero attached hydrogens (tertiary/aromatic N) is 1. The van der Waals surface area contributed by atoms with Crippen LogP contribution in [-0.2, 0) is 0 Å². The number of hydrogen-bond acceptors (Lipinski definition) is 3. The molecule has 3 nitrogen and oxygen atoms in total. The van der Waals surface area contributed by atoms with Crippen molar-refractivity contribution in [2.75, 3.05) is 19.6 Å². The van der Waals surface area contributed by atoms with Crippen LogP contribution in [0.15, 0.2) is 24.3 Å². The molecule has 0 amide bonds. The number of carbonyl (C=O) groups excluding carboxylic acids is 1. The number of aliphatic hydroxyl groups is 1. The highest BCUT2D eigenvalue weighted by Gasteiger charge is 2.25. The van der Waals surface area contributed by atoms with Gasteiger partial charge >= 0.3 is 0 Å². The minimum absolute atomic E-state index is 0.221. The lowest BCUT2D eigenvalue weighted by molar-refractivity contribution is 0.0447. The number of rotatable bonds is 4. The summed E-state index contributed by atoms with van der Waals surface area (Å²) in [5.74, 6) is 0.221. The number of Topliss-reactive ketones (excluding diaryl/α,β-unsaturated/α-hetero) is 1. The van der Waals surface area contributed by atoms with Crippen molar-refractivity contribution in [3.8, 4) is 0 Å². The summed E-state index contributed by atoms with van der Waals surface area (Å²) < 4.78 is 0. The van der Waals surface area contributed by atoms with E-state index in [1.54, 1.807) is 0 Å². The Bertz CT molecular complexity index is 468. The molecule has 3 heteroatoms. The molecule has 2 rings (SSSR count). The lowest BCUT2D eigenvalue weighted by atomic mass is 9.98. The van der Waals surface area contributed by atoms with E-state index in [1.807, 2.05) is 38.1 Å². The summed E-state index contributed by atoms with van der Waals surface area (Å²) in [6.45, 7) is 6.56. The minimum atomic E-state index is -0.533. The summed E-state index contributed by atoms with van der Waals surface area (Å²) in [4.78, 5) is 14.5. The van der Waals surface area contributed by atoms with Crippen molar-refractivity contribution >= 4 is 5.78 Å². The molecule has 1 atom stereocenters. The highest BCUT2D eigenvalue weighted by Crippen LogP contribution is 2.21. The zero-order valence-electron chi connectivity index (χ0n) is 12.6. The Morgan fingerprint density at radius 1 is 1.30 bits per heavy atom. The summed E-state index contributed by atoms with van der Waals surface area (Å²) in [5, 5.41) is 10.1. The first-order chi connectivity index (χ1) is 9.48. The lowest BCUT2D eigenvalue weighted by Gasteiger charge is -2.22. The Labute approximate surface area is 121 Å². The second-order valence-corrected chi connectivity index (χ2v) is 6.18. The van der Waals surface area contributed by atoms with E-state index in [4.69, 9.17) is 0 Å². The molecule has 0 spiro atoms. The van der Waals surface area contributed by atoms with Gasteiger partial charge in [0.25, 0.3) is 0 Å². The van der Waals surface area contributed by atoms with Crippen LogP contribution < -0.4 is 0 Å². The lowest BCUT2D eigenvalue weighted by Crippen LogP contribution is -2.30. The second-order valence-electron chi connectivity index (χ2n) is 6.18. The summed E-state index contributed by atoms with van der Waals surface area (Å²) >= 11 is 0. The highest BCUT2D eigenvalue weighted by atomic mass is 16.3. The van der Waals surface area contributed by atoms with Gasteiger partial charge in [-0.25, -0.2) is 0 Å². The van der Waals surface area contributed by atoms with E-state index < -0.39 is 5.60 Å². The van der Waals surface area contributed by atoms with Crippen molar-refractivity contribution in [1.29, 1.82) is 0 Å². The molecule has 0 aliphatic carbocycles. The van der Waals surface area contributed by atoms with Crippen LogP contribution in [-0.4, -0.2) is 41.0 Å². The first-order valence-corrected chi connectivity index (χ1v) is 7.51. The Morgan fingerprint density at radius 3 is 2.80 bits per heavy atom. The monoisotopic (exact) mass is 275 g/mol. The minimum Gasteiger partial charge on any atom is -0.390 e. The molecule has 1 saturated heterocycles. The van der Waals surface area contributed by atoms with E-state index in [-0.39, 0.29) is 5.78 Å². The second kappa shape index (κ2) is 6.51. The van der Waals surface area contributed by atoms with Gasteiger partial charge in [0.2, 0.25) is 0 Å². The number of carbonyl (C=O) groups is 1. The third-order valence-electron chi connectivity index (χ3n) is 4.26. The van der Waals surface area contributed by atoms with E-state index in [9.17, 15) is 9.90 Å². The van der Waals surface area contributed by atoms with Gasteiger partial charge in [0.15, 0.2) is 5.78 Å². The van der Waals surface area contributed by atoms with Crippen molar-refractivity contribution in [3.63, 3.8) is 0 Å². The Hall–Kier alpha value is -1.19. The Morgan fingerprint density at radius 2 is 2.05 bits per heavy atom. The first kappa shape index (κ1) is 15.2. The maximum atomic E-state index is 12.2. The van der Waals surface area contributed by atoms with E-state index in [0.29, 0.717) is 6.42 Å². The molecule has 1 N–H and O–H groups in total. The van der Waals surface area contributed by atoms with E-state index in [1.165, 1.54) is 0 Å². The number of likely N-dealkylation sites (tertiary alicyclic amines) is 1. The van der Waals surface area contributed by atoms with Crippen LogP contribution >= 0.6 is 0 Å². The van der Waals surface area contributed by atoms with Crippen molar-refractivity contribution < 1.29 is 9.90 Å². The summed E-state index contributed by atoms with van der Waals surface area (Å²) in [6.07, 6.45) is 3.22. The van der Waals surface area contributed by atoms with Gasteiger partial charge < -0.3 is 10.0 Å². The molecule has 1 aliphatic rings. The average molecular weight is 275 g/mol. The Balaban J connectivity index is 1.86. The van der Waals surface area contributed by atoms with Crippen molar-refractivity contribution in [2.45, 2.75) is 45.1 Å². The average Bonchev–Trinajstić information content (AvgIpc) is 2.57. The Kier molecular flexibility index (Phi) is 4.95. The first-order valence-electron chi connectivity index (χ1n) is 7.51. The molecular weight excluding hydrogens is 250 g/mol. The van der Waals surface area contributed by atoms with Crippen molar-refractivity contribution in [3.05, 3.63) is 35.4 Å². The topological polar surface area (TPSA) is 40.5 Å². The van der Waals surface area contributed by atoms with Crippen molar-refractivity contribution in [1.82, 2.24) is 4.90 Å². The van der Waals surface area contributed by atoms with Crippen LogP contribution in [0.3, 0.4) is 0 Å². The largest absolute Gasteiger partial charge is 0.390 e. The molecule has 0 saturated carbocycles. The van der Waals surface area contributed by atoms with Gasteiger partial charge in [-0.1, -0.05) is 24.3 Å². The quantitative estimate of drug-likeness (QED) is 0.859. The highest BCUT2D eigenvalue weighted by molar-refractivity contribution is 5.97. The fraction of sp³-hybridized carbons (Fsp3) is 0.588. The summed E-state index contributed by atoms with van der Waals surface area (Å²) in [6, 6.07) is 7.77. The SMILES string of the molecule is Cc1ccccc1C(=O)CCN1CCCC(C)(O)CC1. The molecular formula is C17H25NO2. The standard InChI is InChI=1S/C17H25NO2/c1-14-6-3-4-7-15(14)16(19)8-12-18-11-5-9-17(2,20)10-13-18/h3-4,6-7,20H,5,8-13H2,1-2H3. The molecule has 1 unspecified atom stereocenters. The van der Waals surface area contributed by atoms with Crippen LogP contribution in [0, 0.1) is 6.92 Å². The molecule has 0 aromatic heterocycles. The maximum absolute atomic E-state index is 12.2. The maximum Gasteiger partial charge on any atom is 0.164 e. The number of hydrogen-bond donors (Lipinski definition) is 1. The predicted octanol–water partition coefficient (Wildman–Crippen LogP) is 2.80. The molecule has 20 heavy (non-hydrogen) atoms. The summed E-state index contributed by atoms with van der Waals surface area (Å²) in [7, 11) is 0. The normalized spacial score (nSPS) is 24.4. The van der Waals surface area contributed by atoms with Crippen LogP contribution in [0.25, 0.3) is 0 Å². The molecule has 0 radical (unpaired) electrons. The third kappa shape index (κ3) is 4.15. The van der Waals surface area contributed by atoms with E-state index in [2.05, 4.69) is 4.90 Å². The van der Waals surface area contributed by atoms with Gasteiger partial charge in [-0.2, -0.15) is 0 Å². The van der Waals surface area contributed by atoms with Gasteiger partial charge in [-0.3, -0.25) is 4.79 Å². The smallest absolute Gasteiger partial charge is 0.164 e. The zero-order valence-corrected chi connectivity index (χ0v) is 12.6. The predicted molar refractivity (Wildman–Crippen MR) is 81.0 cm³/mol. The molecule has 1 fully saturated rings. The number of aryl methyl sites for hydroxylation is 1. The van der Waals surface area contributed by atoms with Crippen LogP contribution in [0.1, 0.15) is 48.5 Å². The van der Waals surface area contributed by atoms with Gasteiger partial charge in [0.05, 0.1) is 5.60 Å². The van der Waals surface area contributed by atoms with Crippen LogP contribution in [0.4, 0.5) is 0 Å². The molecule has 1 aromatic rings. The van der Waals surface area contributed by atoms with Gasteiger partial charge in [-0.05, 0) is 45.2 Å². The zero-order chi connectivity index (χ0) is 14.6. The van der Waals surface area contributed by atoms with E-state index in [0.717, 1.165) is 50.0 Å². The third-order valence-corrected chi connectivity index (χ3v) is 4.26. The summed E-state index contributed by atoms with van der Waals surface area (Å²) in [5.41, 5.74) is 1.36.